The second kappa shape index (κ2) is 34.4. The molecule has 0 N–H and O–H groups in total. The number of esters is 2. The minimum atomic E-state index is -4.65. The minimum absolute atomic E-state index is 0.0569. The van der Waals surface area contributed by atoms with Gasteiger partial charge in [0, 0.05) is 12.8 Å². The molecular weight excluding hydrogens is 689 g/mol. The third-order valence-corrected chi connectivity index (χ3v) is 8.13. The van der Waals surface area contributed by atoms with E-state index in [1.54, 1.807) is 0 Å². The number of ether oxygens (including phenoxy) is 2. The molecule has 0 aromatic carbocycles. The lowest BCUT2D eigenvalue weighted by Gasteiger charge is -2.28. The van der Waals surface area contributed by atoms with Crippen LogP contribution in [0.1, 0.15) is 97.3 Å². The van der Waals surface area contributed by atoms with E-state index in [1.807, 2.05) is 75.8 Å². The maximum atomic E-state index is 12.6. The summed E-state index contributed by atoms with van der Waals surface area (Å²) in [4.78, 5) is 37.3. The molecule has 0 radical (unpaired) electrons. The van der Waals surface area contributed by atoms with Gasteiger partial charge in [-0.05, 0) is 64.2 Å². The number of nitrogens with zero attached hydrogens (tertiary/aromatic N) is 1. The van der Waals surface area contributed by atoms with Crippen molar-refractivity contribution in [2.75, 3.05) is 47.5 Å². The number of rotatable bonds is 32. The van der Waals surface area contributed by atoms with Gasteiger partial charge in [-0.15, -0.1) is 0 Å². The molecule has 0 saturated carbocycles. The Morgan fingerprint density at radius 1 is 0.604 bits per heavy atom. The van der Waals surface area contributed by atoms with Gasteiger partial charge in [0.15, 0.2) is 6.10 Å². The molecule has 53 heavy (non-hydrogen) atoms. The smallest absolute Gasteiger partial charge is 0.306 e. The number of carbonyl (C=O) groups is 2. The molecule has 0 rings (SSSR count). The normalized spacial score (nSPS) is 14.9. The number of hydrogen-bond acceptors (Lipinski definition) is 8. The highest BCUT2D eigenvalue weighted by atomic mass is 31.2. The highest BCUT2D eigenvalue weighted by Crippen LogP contribution is 2.38. The molecular formula is C43H68NO8P. The maximum absolute atomic E-state index is 12.6. The Labute approximate surface area is 321 Å². The van der Waals surface area contributed by atoms with E-state index < -0.39 is 32.5 Å². The predicted molar refractivity (Wildman–Crippen MR) is 217 cm³/mol. The first-order chi connectivity index (χ1) is 25.5. The zero-order valence-electron chi connectivity index (χ0n) is 33.2. The first kappa shape index (κ1) is 49.7. The lowest BCUT2D eigenvalue weighted by atomic mass is 10.1. The van der Waals surface area contributed by atoms with E-state index in [2.05, 4.69) is 68.5 Å². The first-order valence-electron chi connectivity index (χ1n) is 19.2. The average Bonchev–Trinajstić information content (AvgIpc) is 3.10. The summed E-state index contributed by atoms with van der Waals surface area (Å²) >= 11 is 0. The fraction of sp³-hybridized carbons (Fsp3) is 0.535. The maximum Gasteiger partial charge on any atom is 0.306 e. The van der Waals surface area contributed by atoms with E-state index in [9.17, 15) is 19.0 Å². The van der Waals surface area contributed by atoms with E-state index in [0.29, 0.717) is 30.3 Å². The van der Waals surface area contributed by atoms with Crippen LogP contribution >= 0.6 is 7.82 Å². The van der Waals surface area contributed by atoms with E-state index in [-0.39, 0.29) is 26.1 Å². The molecule has 9 nitrogen and oxygen atoms in total. The molecule has 0 spiro atoms. The molecule has 0 bridgehead atoms. The molecule has 0 aliphatic heterocycles. The van der Waals surface area contributed by atoms with Crippen LogP contribution in [0.3, 0.4) is 0 Å². The molecule has 0 fully saturated rings. The predicted octanol–water partition coefficient (Wildman–Crippen LogP) is 9.77. The number of phosphoric acid groups is 1. The van der Waals surface area contributed by atoms with Crippen LogP contribution in [0.25, 0.3) is 0 Å². The van der Waals surface area contributed by atoms with Crippen LogP contribution in [-0.2, 0) is 32.7 Å². The Kier molecular flexibility index (Phi) is 32.3. The van der Waals surface area contributed by atoms with E-state index in [1.165, 1.54) is 0 Å². The molecule has 0 saturated heterocycles. The van der Waals surface area contributed by atoms with Crippen molar-refractivity contribution in [3.05, 3.63) is 109 Å². The van der Waals surface area contributed by atoms with E-state index >= 15 is 0 Å². The number of allylic oxidation sites excluding steroid dienone is 18. The van der Waals surface area contributed by atoms with Crippen molar-refractivity contribution in [3.8, 4) is 0 Å². The summed E-state index contributed by atoms with van der Waals surface area (Å²) in [6, 6.07) is 0. The molecule has 10 heteroatoms. The average molecular weight is 758 g/mol. The van der Waals surface area contributed by atoms with Gasteiger partial charge in [0.2, 0.25) is 0 Å². The van der Waals surface area contributed by atoms with Crippen molar-refractivity contribution in [2.45, 2.75) is 103 Å². The van der Waals surface area contributed by atoms with Gasteiger partial charge in [-0.1, -0.05) is 130 Å². The van der Waals surface area contributed by atoms with Crippen molar-refractivity contribution in [1.29, 1.82) is 0 Å². The van der Waals surface area contributed by atoms with E-state index in [0.717, 1.165) is 51.4 Å². The van der Waals surface area contributed by atoms with Crippen LogP contribution in [0.15, 0.2) is 109 Å². The number of likely N-dealkylation sites (N-methyl/N-ethyl adjacent to an activating group) is 1. The second-order valence-electron chi connectivity index (χ2n) is 13.3. The minimum Gasteiger partial charge on any atom is -0.756 e. The van der Waals surface area contributed by atoms with Gasteiger partial charge in [-0.2, -0.15) is 0 Å². The van der Waals surface area contributed by atoms with Crippen molar-refractivity contribution in [1.82, 2.24) is 0 Å². The summed E-state index contributed by atoms with van der Waals surface area (Å²) in [5.74, 6) is -0.975. The molecule has 2 atom stereocenters. The molecule has 2 unspecified atom stereocenters. The topological polar surface area (TPSA) is 111 Å². The molecule has 0 amide bonds. The first-order valence-corrected chi connectivity index (χ1v) is 20.6. The second-order valence-corrected chi connectivity index (χ2v) is 14.7. The number of hydrogen-bond donors (Lipinski definition) is 0. The van der Waals surface area contributed by atoms with Gasteiger partial charge in [-0.25, -0.2) is 0 Å². The van der Waals surface area contributed by atoms with Gasteiger partial charge < -0.3 is 27.9 Å². The Hall–Kier alpha value is -3.33. The van der Waals surface area contributed by atoms with Crippen LogP contribution in [0, 0.1) is 0 Å². The summed E-state index contributed by atoms with van der Waals surface area (Å²) in [5, 5.41) is 0. The van der Waals surface area contributed by atoms with Crippen LogP contribution in [0.2, 0.25) is 0 Å². The highest BCUT2D eigenvalue weighted by Gasteiger charge is 2.21. The van der Waals surface area contributed by atoms with Crippen LogP contribution in [-0.4, -0.2) is 70.0 Å². The summed E-state index contributed by atoms with van der Waals surface area (Å²) in [6.45, 7) is 3.79. The van der Waals surface area contributed by atoms with Crippen molar-refractivity contribution < 1.29 is 42.1 Å². The SMILES string of the molecule is CC/C=C/C=C/C=C/C=C/C=C/CCCC(=O)OC(COC(=O)CCCCC/C=C/C/C=C/C/C=C/C/C=C/CC)COP(=O)([O-])OCC[N+](C)(C)C. The monoisotopic (exact) mass is 757 g/mol. The third-order valence-electron chi connectivity index (χ3n) is 7.17. The Bertz CT molecular complexity index is 1270. The van der Waals surface area contributed by atoms with Crippen molar-refractivity contribution >= 4 is 19.8 Å². The zero-order chi connectivity index (χ0) is 39.3. The summed E-state index contributed by atoms with van der Waals surface area (Å²) < 4.78 is 33.6. The molecule has 0 aliphatic rings. The quantitative estimate of drug-likeness (QED) is 0.0167. The van der Waals surface area contributed by atoms with Gasteiger partial charge >= 0.3 is 11.9 Å². The molecule has 0 heterocycles. The van der Waals surface area contributed by atoms with E-state index in [4.69, 9.17) is 18.5 Å². The van der Waals surface area contributed by atoms with Gasteiger partial charge in [0.05, 0.1) is 27.7 Å². The number of unbranched alkanes of at least 4 members (excludes halogenated alkanes) is 4. The standard InChI is InChI=1S/C43H68NO8P/c1-6-8-10-12-14-16-18-20-21-22-24-25-27-29-31-33-35-42(45)49-39-41(40-51-53(47,48)50-38-37-44(3,4)5)52-43(46)36-34-32-30-28-26-23-19-17-15-13-11-9-7-2/h8-11,13-17,19-21,23-26,28,30,41H,6-7,12,18,22,27,29,31-40H2,1-5H3/b10-8+,11-9+,15-13+,16-14+,19-17+,21-20+,25-24+,26-23+,30-28+. The Morgan fingerprint density at radius 3 is 1.74 bits per heavy atom. The summed E-state index contributed by atoms with van der Waals surface area (Å²) in [7, 11) is 1.07. The van der Waals surface area contributed by atoms with Crippen molar-refractivity contribution in [2.24, 2.45) is 0 Å². The van der Waals surface area contributed by atoms with Gasteiger partial charge in [0.25, 0.3) is 7.82 Å². The van der Waals surface area contributed by atoms with Gasteiger partial charge in [-0.3, -0.25) is 14.2 Å². The largest absolute Gasteiger partial charge is 0.756 e. The summed E-state index contributed by atoms with van der Waals surface area (Å²) in [6.07, 6.45) is 45.7. The summed E-state index contributed by atoms with van der Waals surface area (Å²) in [5.41, 5.74) is 0. The fourth-order valence-electron chi connectivity index (χ4n) is 4.20. The lowest BCUT2D eigenvalue weighted by Crippen LogP contribution is -2.37. The molecule has 0 aromatic heterocycles. The van der Waals surface area contributed by atoms with Crippen molar-refractivity contribution in [3.63, 3.8) is 0 Å². The molecule has 0 aromatic rings. The highest BCUT2D eigenvalue weighted by molar-refractivity contribution is 7.45. The third kappa shape index (κ3) is 38.2. The van der Waals surface area contributed by atoms with Crippen LogP contribution < -0.4 is 4.89 Å². The van der Waals surface area contributed by atoms with Crippen LogP contribution in [0.4, 0.5) is 0 Å². The van der Waals surface area contributed by atoms with Crippen LogP contribution in [0.5, 0.6) is 0 Å². The zero-order valence-corrected chi connectivity index (χ0v) is 34.0. The molecule has 0 aliphatic carbocycles. The number of carbonyl (C=O) groups excluding carboxylic acids is 2. The molecule has 298 valence electrons. The number of phosphoric ester groups is 1. The Morgan fingerprint density at radius 2 is 1.13 bits per heavy atom. The fourth-order valence-corrected chi connectivity index (χ4v) is 4.93. The Balaban J connectivity index is 4.63. The number of quaternary nitrogens is 1. The lowest BCUT2D eigenvalue weighted by molar-refractivity contribution is -0.870. The van der Waals surface area contributed by atoms with Gasteiger partial charge in [0.1, 0.15) is 19.8 Å².